The van der Waals surface area contributed by atoms with Crippen LogP contribution in [0.4, 0.5) is 18.9 Å². The Morgan fingerprint density at radius 3 is 2.39 bits per heavy atom. The quantitative estimate of drug-likeness (QED) is 0.666. The predicted molar refractivity (Wildman–Crippen MR) is 99.5 cm³/mol. The fourth-order valence-corrected chi connectivity index (χ4v) is 2.63. The van der Waals surface area contributed by atoms with Crippen molar-refractivity contribution in [1.29, 1.82) is 0 Å². The third-order valence-corrected chi connectivity index (χ3v) is 4.17. The molecule has 1 heterocycles. The van der Waals surface area contributed by atoms with Gasteiger partial charge in [0, 0.05) is 24.2 Å². The van der Waals surface area contributed by atoms with E-state index in [1.807, 2.05) is 31.2 Å². The Bertz CT molecular complexity index is 931. The van der Waals surface area contributed by atoms with Crippen LogP contribution in [0.25, 0.3) is 11.3 Å². The van der Waals surface area contributed by atoms with Gasteiger partial charge in [0.05, 0.1) is 11.8 Å². The summed E-state index contributed by atoms with van der Waals surface area (Å²) in [6.45, 7) is 2.46. The number of alkyl halides is 3. The number of aryl methyl sites for hydroxylation is 2. The van der Waals surface area contributed by atoms with Crippen molar-refractivity contribution < 1.29 is 18.0 Å². The van der Waals surface area contributed by atoms with Crippen LogP contribution >= 0.6 is 0 Å². The van der Waals surface area contributed by atoms with Crippen LogP contribution in [-0.4, -0.2) is 20.9 Å². The normalized spacial score (nSPS) is 11.4. The maximum atomic E-state index is 12.6. The molecule has 0 aliphatic heterocycles. The summed E-state index contributed by atoms with van der Waals surface area (Å²) < 4.78 is 39.4. The van der Waals surface area contributed by atoms with E-state index in [0.717, 1.165) is 23.4 Å². The number of nitrogens with zero attached hydrogens (tertiary/aromatic N) is 3. The zero-order valence-corrected chi connectivity index (χ0v) is 15.2. The second kappa shape index (κ2) is 8.24. The molecule has 0 unspecified atom stereocenters. The Kier molecular flexibility index (Phi) is 5.77. The van der Waals surface area contributed by atoms with E-state index in [2.05, 4.69) is 15.6 Å². The number of carbonyl (C=O) groups is 1. The van der Waals surface area contributed by atoms with Gasteiger partial charge in [0.25, 0.3) is 0 Å². The van der Waals surface area contributed by atoms with Crippen LogP contribution in [0.2, 0.25) is 0 Å². The number of nitrogens with one attached hydrogen (secondary N) is 1. The Hall–Kier alpha value is -3.16. The summed E-state index contributed by atoms with van der Waals surface area (Å²) in [6, 6.07) is 12.3. The smallest absolute Gasteiger partial charge is 0.326 e. The van der Waals surface area contributed by atoms with Crippen molar-refractivity contribution in [2.45, 2.75) is 32.5 Å². The molecule has 0 spiro atoms. The minimum absolute atomic E-state index is 0.0908. The van der Waals surface area contributed by atoms with Gasteiger partial charge in [-0.15, -0.1) is 5.10 Å². The third-order valence-electron chi connectivity index (χ3n) is 4.17. The largest absolute Gasteiger partial charge is 0.416 e. The molecule has 5 nitrogen and oxygen atoms in total. The number of amides is 1. The molecule has 0 fully saturated rings. The lowest BCUT2D eigenvalue weighted by Gasteiger charge is -2.06. The minimum Gasteiger partial charge on any atom is -0.326 e. The molecule has 3 aromatic rings. The molecule has 0 aliphatic carbocycles. The summed E-state index contributed by atoms with van der Waals surface area (Å²) in [5.74, 6) is -0.0908. The Balaban J connectivity index is 1.50. The Morgan fingerprint density at radius 2 is 1.75 bits per heavy atom. The van der Waals surface area contributed by atoms with Crippen molar-refractivity contribution in [2.75, 3.05) is 5.32 Å². The minimum atomic E-state index is -4.37. The molecule has 8 heteroatoms. The zero-order valence-electron chi connectivity index (χ0n) is 15.2. The molecule has 146 valence electrons. The average molecular weight is 388 g/mol. The van der Waals surface area contributed by atoms with Crippen LogP contribution in [-0.2, 0) is 17.5 Å². The number of halogens is 3. The molecule has 0 atom stereocenters. The highest BCUT2D eigenvalue weighted by Crippen LogP contribution is 2.30. The van der Waals surface area contributed by atoms with Crippen LogP contribution in [0.3, 0.4) is 0 Å². The van der Waals surface area contributed by atoms with Gasteiger partial charge in [-0.25, -0.2) is 0 Å². The van der Waals surface area contributed by atoms with Crippen molar-refractivity contribution in [3.63, 3.8) is 0 Å². The molecule has 0 radical (unpaired) electrons. The van der Waals surface area contributed by atoms with E-state index >= 15 is 0 Å². The summed E-state index contributed by atoms with van der Waals surface area (Å²) in [6.07, 6.45) is -1.83. The van der Waals surface area contributed by atoms with Gasteiger partial charge in [0.15, 0.2) is 0 Å². The van der Waals surface area contributed by atoms with Crippen molar-refractivity contribution in [2.24, 2.45) is 0 Å². The highest BCUT2D eigenvalue weighted by atomic mass is 19.4. The van der Waals surface area contributed by atoms with E-state index in [4.69, 9.17) is 0 Å². The Morgan fingerprint density at radius 1 is 1.07 bits per heavy atom. The van der Waals surface area contributed by atoms with Crippen molar-refractivity contribution >= 4 is 11.6 Å². The van der Waals surface area contributed by atoms with Crippen LogP contribution < -0.4 is 5.32 Å². The standard InChI is InChI=1S/C20H19F3N4O/c1-14-4-10-17(11-5-14)24-19(28)3-2-12-27-13-18(25-26-27)15-6-8-16(9-7-15)20(21,22)23/h4-11,13H,2-3,12H2,1H3,(H,24,28). The molecule has 1 aromatic heterocycles. The SMILES string of the molecule is Cc1ccc(NC(=O)CCCn2cc(-c3ccc(C(F)(F)F)cc3)nn2)cc1. The molecule has 0 saturated heterocycles. The van der Waals surface area contributed by atoms with E-state index in [1.54, 1.807) is 10.9 Å². The molecule has 0 aliphatic rings. The predicted octanol–water partition coefficient (Wildman–Crippen LogP) is 4.69. The van der Waals surface area contributed by atoms with Crippen molar-refractivity contribution in [3.8, 4) is 11.3 Å². The van der Waals surface area contributed by atoms with Gasteiger partial charge in [-0.2, -0.15) is 13.2 Å². The van der Waals surface area contributed by atoms with Crippen LogP contribution in [0.1, 0.15) is 24.0 Å². The summed E-state index contributed by atoms with van der Waals surface area (Å²) in [5.41, 5.74) is 2.20. The first-order chi connectivity index (χ1) is 13.3. The van der Waals surface area contributed by atoms with E-state index in [9.17, 15) is 18.0 Å². The van der Waals surface area contributed by atoms with Crippen molar-refractivity contribution in [3.05, 3.63) is 65.9 Å². The Labute approximate surface area is 160 Å². The van der Waals surface area contributed by atoms with E-state index in [-0.39, 0.29) is 5.91 Å². The van der Waals surface area contributed by atoms with Crippen LogP contribution in [0.15, 0.2) is 54.7 Å². The maximum Gasteiger partial charge on any atom is 0.416 e. The molecule has 1 N–H and O–H groups in total. The first-order valence-electron chi connectivity index (χ1n) is 8.75. The molecular weight excluding hydrogens is 369 g/mol. The van der Waals surface area contributed by atoms with Gasteiger partial charge in [0.1, 0.15) is 5.69 Å². The number of aromatic nitrogens is 3. The lowest BCUT2D eigenvalue weighted by molar-refractivity contribution is -0.137. The average Bonchev–Trinajstić information content (AvgIpc) is 3.12. The van der Waals surface area contributed by atoms with Gasteiger partial charge in [-0.3, -0.25) is 9.48 Å². The molecule has 1 amide bonds. The second-order valence-corrected chi connectivity index (χ2v) is 6.46. The second-order valence-electron chi connectivity index (χ2n) is 6.46. The van der Waals surface area contributed by atoms with Gasteiger partial charge in [-0.1, -0.05) is 35.0 Å². The number of benzene rings is 2. The first kappa shape index (κ1) is 19.6. The topological polar surface area (TPSA) is 59.8 Å². The fraction of sp³-hybridized carbons (Fsp3) is 0.250. The number of anilines is 1. The van der Waals surface area contributed by atoms with Gasteiger partial charge in [0.2, 0.25) is 5.91 Å². The molecule has 28 heavy (non-hydrogen) atoms. The van der Waals surface area contributed by atoms with E-state index < -0.39 is 11.7 Å². The van der Waals surface area contributed by atoms with Crippen molar-refractivity contribution in [1.82, 2.24) is 15.0 Å². The third kappa shape index (κ3) is 5.18. The van der Waals surface area contributed by atoms with Crippen LogP contribution in [0, 0.1) is 6.92 Å². The molecule has 3 rings (SSSR count). The summed E-state index contributed by atoms with van der Waals surface area (Å²) >= 11 is 0. The van der Waals surface area contributed by atoms with Gasteiger partial charge < -0.3 is 5.32 Å². The maximum absolute atomic E-state index is 12.6. The highest BCUT2D eigenvalue weighted by molar-refractivity contribution is 5.90. The summed E-state index contributed by atoms with van der Waals surface area (Å²) in [5, 5.41) is 10.8. The molecular formula is C20H19F3N4O. The van der Waals surface area contributed by atoms with E-state index in [0.29, 0.717) is 30.6 Å². The van der Waals surface area contributed by atoms with Gasteiger partial charge >= 0.3 is 6.18 Å². The summed E-state index contributed by atoms with van der Waals surface area (Å²) in [4.78, 5) is 12.0. The fourth-order valence-electron chi connectivity index (χ4n) is 2.63. The lowest BCUT2D eigenvalue weighted by atomic mass is 10.1. The number of carbonyl (C=O) groups excluding carboxylic acids is 1. The molecule has 0 bridgehead atoms. The lowest BCUT2D eigenvalue weighted by Crippen LogP contribution is -2.12. The van der Waals surface area contributed by atoms with E-state index in [1.165, 1.54) is 12.1 Å². The summed E-state index contributed by atoms with van der Waals surface area (Å²) in [7, 11) is 0. The van der Waals surface area contributed by atoms with Crippen LogP contribution in [0.5, 0.6) is 0 Å². The number of hydrogen-bond acceptors (Lipinski definition) is 3. The molecule has 2 aromatic carbocycles. The zero-order chi connectivity index (χ0) is 20.1. The molecule has 0 saturated carbocycles. The first-order valence-corrected chi connectivity index (χ1v) is 8.75. The monoisotopic (exact) mass is 388 g/mol. The van der Waals surface area contributed by atoms with Gasteiger partial charge in [-0.05, 0) is 37.6 Å². The number of rotatable bonds is 6. The highest BCUT2D eigenvalue weighted by Gasteiger charge is 2.30. The number of hydrogen-bond donors (Lipinski definition) is 1.